The molecule has 1 unspecified atom stereocenters. The van der Waals surface area contributed by atoms with Gasteiger partial charge in [-0.1, -0.05) is 18.2 Å². The molecule has 1 aromatic heterocycles. The molecule has 2 rings (SSSR count). The van der Waals surface area contributed by atoms with Crippen LogP contribution in [0.2, 0.25) is 0 Å². The molecule has 0 fully saturated rings. The van der Waals surface area contributed by atoms with Crippen LogP contribution in [0.5, 0.6) is 5.75 Å². The van der Waals surface area contributed by atoms with Gasteiger partial charge in [0.05, 0.1) is 25.2 Å². The summed E-state index contributed by atoms with van der Waals surface area (Å²) in [5.41, 5.74) is 4.99. The van der Waals surface area contributed by atoms with Gasteiger partial charge in [-0.2, -0.15) is 0 Å². The van der Waals surface area contributed by atoms with Crippen LogP contribution in [0.4, 0.5) is 0 Å². The maximum Gasteiger partial charge on any atom is 0.124 e. The van der Waals surface area contributed by atoms with Crippen LogP contribution in [0.25, 0.3) is 0 Å². The number of furan rings is 1. The molecule has 0 bridgehead atoms. The Labute approximate surface area is 107 Å². The van der Waals surface area contributed by atoms with Crippen molar-refractivity contribution in [3.8, 4) is 5.75 Å². The summed E-state index contributed by atoms with van der Waals surface area (Å²) >= 11 is 0. The average molecular weight is 246 g/mol. The molecule has 96 valence electrons. The van der Waals surface area contributed by atoms with Crippen LogP contribution in [0.15, 0.2) is 47.3 Å². The predicted molar refractivity (Wildman–Crippen MR) is 70.1 cm³/mol. The van der Waals surface area contributed by atoms with E-state index in [-0.39, 0.29) is 6.04 Å². The van der Waals surface area contributed by atoms with E-state index in [4.69, 9.17) is 15.0 Å². The lowest BCUT2D eigenvalue weighted by Crippen LogP contribution is -2.29. The largest absolute Gasteiger partial charge is 0.494 e. The number of rotatable bonds is 6. The fourth-order valence-electron chi connectivity index (χ4n) is 1.96. The van der Waals surface area contributed by atoms with Gasteiger partial charge in [0.25, 0.3) is 0 Å². The molecule has 2 aromatic rings. The second-order valence-electron chi connectivity index (χ2n) is 4.03. The molecule has 0 aliphatic heterocycles. The highest BCUT2D eigenvalue weighted by Crippen LogP contribution is 2.27. The van der Waals surface area contributed by atoms with Gasteiger partial charge in [-0.05, 0) is 31.0 Å². The molecule has 0 saturated carbocycles. The normalized spacial score (nSPS) is 12.3. The van der Waals surface area contributed by atoms with Crippen molar-refractivity contribution in [2.24, 2.45) is 5.84 Å². The Bertz CT molecular complexity index is 468. The highest BCUT2D eigenvalue weighted by atomic mass is 16.5. The summed E-state index contributed by atoms with van der Waals surface area (Å²) in [4.78, 5) is 0. The van der Waals surface area contributed by atoms with Crippen molar-refractivity contribution in [3.05, 3.63) is 54.0 Å². The highest BCUT2D eigenvalue weighted by Gasteiger charge is 2.15. The Morgan fingerprint density at radius 2 is 2.17 bits per heavy atom. The van der Waals surface area contributed by atoms with Gasteiger partial charge >= 0.3 is 0 Å². The summed E-state index contributed by atoms with van der Waals surface area (Å²) in [7, 11) is 0. The van der Waals surface area contributed by atoms with E-state index < -0.39 is 0 Å². The molecular formula is C14H18N2O2. The van der Waals surface area contributed by atoms with Crippen molar-refractivity contribution in [2.45, 2.75) is 19.4 Å². The van der Waals surface area contributed by atoms with E-state index in [9.17, 15) is 0 Å². The molecule has 4 heteroatoms. The summed E-state index contributed by atoms with van der Waals surface area (Å²) in [5.74, 6) is 6.52. The average Bonchev–Trinajstić information content (AvgIpc) is 2.90. The SMILES string of the molecule is CCOc1ccccc1C(Cc1ccoc1)NN. The van der Waals surface area contributed by atoms with Crippen molar-refractivity contribution >= 4 is 0 Å². The highest BCUT2D eigenvalue weighted by molar-refractivity contribution is 5.36. The number of ether oxygens (including phenoxy) is 1. The standard InChI is InChI=1S/C14H18N2O2/c1-2-18-14-6-4-3-5-12(14)13(16-15)9-11-7-8-17-10-11/h3-8,10,13,16H,2,9,15H2,1H3. The predicted octanol–water partition coefficient (Wildman–Crippen LogP) is 2.43. The van der Waals surface area contributed by atoms with Gasteiger partial charge in [0.15, 0.2) is 0 Å². The minimum Gasteiger partial charge on any atom is -0.494 e. The molecule has 0 radical (unpaired) electrons. The topological polar surface area (TPSA) is 60.4 Å². The van der Waals surface area contributed by atoms with Crippen LogP contribution in [0.3, 0.4) is 0 Å². The second-order valence-corrected chi connectivity index (χ2v) is 4.03. The molecule has 1 atom stereocenters. The van der Waals surface area contributed by atoms with Crippen LogP contribution in [0.1, 0.15) is 24.1 Å². The van der Waals surface area contributed by atoms with Crippen LogP contribution in [-0.2, 0) is 6.42 Å². The zero-order valence-corrected chi connectivity index (χ0v) is 10.4. The summed E-state index contributed by atoms with van der Waals surface area (Å²) in [6.45, 7) is 2.61. The second kappa shape index (κ2) is 6.23. The zero-order valence-electron chi connectivity index (χ0n) is 10.4. The van der Waals surface area contributed by atoms with Crippen LogP contribution in [0, 0.1) is 0 Å². The smallest absolute Gasteiger partial charge is 0.124 e. The molecule has 0 spiro atoms. The van der Waals surface area contributed by atoms with Gasteiger partial charge in [-0.3, -0.25) is 11.3 Å². The quantitative estimate of drug-likeness (QED) is 0.607. The van der Waals surface area contributed by atoms with Crippen LogP contribution >= 0.6 is 0 Å². The van der Waals surface area contributed by atoms with Gasteiger partial charge in [0.2, 0.25) is 0 Å². The Morgan fingerprint density at radius 3 is 2.83 bits per heavy atom. The Balaban J connectivity index is 2.21. The first-order valence-electron chi connectivity index (χ1n) is 6.04. The number of hydrogen-bond acceptors (Lipinski definition) is 4. The van der Waals surface area contributed by atoms with Gasteiger partial charge in [-0.25, -0.2) is 0 Å². The molecule has 1 heterocycles. The minimum atomic E-state index is 0.00495. The third kappa shape index (κ3) is 2.91. The molecular weight excluding hydrogens is 228 g/mol. The fourth-order valence-corrected chi connectivity index (χ4v) is 1.96. The van der Waals surface area contributed by atoms with Gasteiger partial charge in [0.1, 0.15) is 5.75 Å². The zero-order chi connectivity index (χ0) is 12.8. The number of hydrazine groups is 1. The summed E-state index contributed by atoms with van der Waals surface area (Å²) < 4.78 is 10.7. The van der Waals surface area contributed by atoms with E-state index in [1.54, 1.807) is 12.5 Å². The van der Waals surface area contributed by atoms with Crippen molar-refractivity contribution < 1.29 is 9.15 Å². The van der Waals surface area contributed by atoms with E-state index in [2.05, 4.69) is 5.43 Å². The first-order valence-corrected chi connectivity index (χ1v) is 6.04. The van der Waals surface area contributed by atoms with Crippen molar-refractivity contribution in [1.29, 1.82) is 0 Å². The van der Waals surface area contributed by atoms with Crippen molar-refractivity contribution in [1.82, 2.24) is 5.43 Å². The van der Waals surface area contributed by atoms with E-state index >= 15 is 0 Å². The molecule has 0 saturated heterocycles. The lowest BCUT2D eigenvalue weighted by Gasteiger charge is -2.19. The van der Waals surface area contributed by atoms with Gasteiger partial charge < -0.3 is 9.15 Å². The third-order valence-electron chi connectivity index (χ3n) is 2.82. The molecule has 3 N–H and O–H groups in total. The summed E-state index contributed by atoms with van der Waals surface area (Å²) in [6.07, 6.45) is 4.15. The lowest BCUT2D eigenvalue weighted by atomic mass is 10.0. The van der Waals surface area contributed by atoms with Gasteiger partial charge in [0, 0.05) is 5.56 Å². The monoisotopic (exact) mass is 246 g/mol. The molecule has 0 amide bonds. The van der Waals surface area contributed by atoms with Crippen molar-refractivity contribution in [3.63, 3.8) is 0 Å². The van der Waals surface area contributed by atoms with E-state index in [1.807, 2.05) is 37.3 Å². The molecule has 0 aliphatic carbocycles. The van der Waals surface area contributed by atoms with E-state index in [0.717, 1.165) is 23.3 Å². The molecule has 18 heavy (non-hydrogen) atoms. The molecule has 4 nitrogen and oxygen atoms in total. The molecule has 0 aliphatic rings. The lowest BCUT2D eigenvalue weighted by molar-refractivity contribution is 0.331. The number of benzene rings is 1. The summed E-state index contributed by atoms with van der Waals surface area (Å²) in [6, 6.07) is 9.87. The number of hydrogen-bond donors (Lipinski definition) is 2. The third-order valence-corrected chi connectivity index (χ3v) is 2.82. The van der Waals surface area contributed by atoms with Crippen LogP contribution in [-0.4, -0.2) is 6.61 Å². The number of nitrogens with two attached hydrogens (primary N) is 1. The number of para-hydroxylation sites is 1. The molecule has 1 aromatic carbocycles. The summed E-state index contributed by atoms with van der Waals surface area (Å²) in [5, 5.41) is 0. The van der Waals surface area contributed by atoms with Crippen LogP contribution < -0.4 is 16.0 Å². The van der Waals surface area contributed by atoms with Gasteiger partial charge in [-0.15, -0.1) is 0 Å². The first-order chi connectivity index (χ1) is 8.85. The van der Waals surface area contributed by atoms with E-state index in [1.165, 1.54) is 0 Å². The van der Waals surface area contributed by atoms with E-state index in [0.29, 0.717) is 6.61 Å². The number of nitrogens with one attached hydrogen (secondary N) is 1. The Morgan fingerprint density at radius 1 is 1.33 bits per heavy atom. The first kappa shape index (κ1) is 12.7. The fraction of sp³-hybridized carbons (Fsp3) is 0.286. The minimum absolute atomic E-state index is 0.00495. The van der Waals surface area contributed by atoms with Crippen molar-refractivity contribution in [2.75, 3.05) is 6.61 Å². The maximum atomic E-state index is 5.65. The Hall–Kier alpha value is -1.78. The maximum absolute atomic E-state index is 5.65. The Kier molecular flexibility index (Phi) is 4.39.